The molecule has 0 N–H and O–H groups in total. The molecule has 5 rings (SSSR count). The first-order valence-electron chi connectivity index (χ1n) is 10.8. The Kier molecular flexibility index (Phi) is 5.87. The molecule has 1 saturated carbocycles. The van der Waals surface area contributed by atoms with Crippen molar-refractivity contribution in [3.63, 3.8) is 0 Å². The van der Waals surface area contributed by atoms with Crippen LogP contribution in [-0.4, -0.2) is 56.3 Å². The van der Waals surface area contributed by atoms with Crippen LogP contribution in [0, 0.1) is 0 Å². The minimum atomic E-state index is 0.347. The Labute approximate surface area is 185 Å². The lowest BCUT2D eigenvalue weighted by atomic mass is 9.88. The maximum absolute atomic E-state index is 5.46. The molecule has 4 aromatic heterocycles. The Morgan fingerprint density at radius 1 is 0.781 bits per heavy atom. The van der Waals surface area contributed by atoms with Crippen molar-refractivity contribution < 1.29 is 17.9 Å². The van der Waals surface area contributed by atoms with Gasteiger partial charge in [0.1, 0.15) is 0 Å². The van der Waals surface area contributed by atoms with Crippen LogP contribution in [0.1, 0.15) is 37.5 Å². The fraction of sp³-hybridized carbons (Fsp3) is 0.455. The maximum Gasteiger partial charge on any atom is 0.241 e. The Balaban J connectivity index is 1.24. The molecular formula is C22H26N6O4. The Bertz CT molecular complexity index is 1020. The molecule has 0 unspecified atom stereocenters. The van der Waals surface area contributed by atoms with Gasteiger partial charge < -0.3 is 17.9 Å². The zero-order valence-corrected chi connectivity index (χ0v) is 18.2. The monoisotopic (exact) mass is 438 g/mol. The van der Waals surface area contributed by atoms with Gasteiger partial charge >= 0.3 is 0 Å². The van der Waals surface area contributed by atoms with E-state index in [0.717, 1.165) is 12.8 Å². The number of nitrogens with zero attached hydrogens (tertiary/aromatic N) is 6. The van der Waals surface area contributed by atoms with Crippen LogP contribution in [0.25, 0.3) is 23.2 Å². The van der Waals surface area contributed by atoms with Crippen molar-refractivity contribution in [3.05, 3.63) is 48.6 Å². The van der Waals surface area contributed by atoms with Crippen molar-refractivity contribution in [2.45, 2.75) is 50.9 Å². The van der Waals surface area contributed by atoms with Gasteiger partial charge in [-0.2, -0.15) is 9.97 Å². The molecule has 0 saturated heterocycles. The van der Waals surface area contributed by atoms with E-state index < -0.39 is 0 Å². The average Bonchev–Trinajstić information content (AvgIpc) is 3.61. The van der Waals surface area contributed by atoms with Crippen LogP contribution in [0.15, 0.2) is 54.7 Å². The molecule has 4 heterocycles. The second-order valence-corrected chi connectivity index (χ2v) is 8.23. The van der Waals surface area contributed by atoms with E-state index in [9.17, 15) is 0 Å². The van der Waals surface area contributed by atoms with E-state index in [0.29, 0.717) is 60.1 Å². The number of likely N-dealkylation sites (N-methyl/N-ethyl adjacent to an activating group) is 2. The van der Waals surface area contributed by atoms with Crippen molar-refractivity contribution in [2.24, 2.45) is 0 Å². The molecule has 0 aromatic carbocycles. The van der Waals surface area contributed by atoms with E-state index in [1.54, 1.807) is 24.7 Å². The zero-order chi connectivity index (χ0) is 21.9. The number of furan rings is 2. The van der Waals surface area contributed by atoms with Crippen molar-refractivity contribution in [1.29, 1.82) is 0 Å². The van der Waals surface area contributed by atoms with Crippen molar-refractivity contribution >= 4 is 0 Å². The highest BCUT2D eigenvalue weighted by atomic mass is 16.5. The predicted octanol–water partition coefficient (Wildman–Crippen LogP) is 3.85. The van der Waals surface area contributed by atoms with E-state index in [1.807, 2.05) is 12.1 Å². The fourth-order valence-corrected chi connectivity index (χ4v) is 4.43. The normalized spacial score (nSPS) is 19.2. The maximum atomic E-state index is 5.46. The molecule has 2 atom stereocenters. The number of rotatable bonds is 8. The summed E-state index contributed by atoms with van der Waals surface area (Å²) < 4.78 is 21.6. The summed E-state index contributed by atoms with van der Waals surface area (Å²) >= 11 is 0. The van der Waals surface area contributed by atoms with Gasteiger partial charge in [0.05, 0.1) is 25.6 Å². The summed E-state index contributed by atoms with van der Waals surface area (Å²) in [5.41, 5.74) is 0. The molecule has 1 fully saturated rings. The van der Waals surface area contributed by atoms with E-state index in [4.69, 9.17) is 17.9 Å². The smallest absolute Gasteiger partial charge is 0.241 e. The number of hydrogen-bond acceptors (Lipinski definition) is 10. The summed E-state index contributed by atoms with van der Waals surface area (Å²) in [5, 5.41) is 8.08. The summed E-state index contributed by atoms with van der Waals surface area (Å²) in [6.45, 7) is 1.15. The fourth-order valence-electron chi connectivity index (χ4n) is 4.43. The highest BCUT2D eigenvalue weighted by Gasteiger charge is 2.32. The molecular weight excluding hydrogens is 412 g/mol. The average molecular weight is 438 g/mol. The third-order valence-corrected chi connectivity index (χ3v) is 6.01. The molecule has 0 spiro atoms. The van der Waals surface area contributed by atoms with Crippen LogP contribution in [0.4, 0.5) is 0 Å². The topological polar surface area (TPSA) is 111 Å². The van der Waals surface area contributed by atoms with Crippen molar-refractivity contribution in [3.8, 4) is 23.2 Å². The van der Waals surface area contributed by atoms with Gasteiger partial charge in [-0.15, -0.1) is 0 Å². The first kappa shape index (κ1) is 20.7. The largest absolute Gasteiger partial charge is 0.461 e. The minimum Gasteiger partial charge on any atom is -0.461 e. The van der Waals surface area contributed by atoms with Gasteiger partial charge in [-0.1, -0.05) is 23.2 Å². The predicted molar refractivity (Wildman–Crippen MR) is 113 cm³/mol. The van der Waals surface area contributed by atoms with Gasteiger partial charge in [0.15, 0.2) is 11.5 Å². The second-order valence-electron chi connectivity index (χ2n) is 8.23. The SMILES string of the molecule is CN(Cc1nc(-c2ccco2)no1)[C@@H]1CCCC[C@@H]1N(C)Cc1nc(-c2ccco2)no1. The molecule has 168 valence electrons. The molecule has 0 amide bonds. The lowest BCUT2D eigenvalue weighted by molar-refractivity contribution is 0.0581. The van der Waals surface area contributed by atoms with Crippen LogP contribution in [0.5, 0.6) is 0 Å². The van der Waals surface area contributed by atoms with Crippen LogP contribution < -0.4 is 0 Å². The van der Waals surface area contributed by atoms with Gasteiger partial charge in [-0.3, -0.25) is 9.80 Å². The van der Waals surface area contributed by atoms with E-state index >= 15 is 0 Å². The summed E-state index contributed by atoms with van der Waals surface area (Å²) in [6, 6.07) is 7.95. The van der Waals surface area contributed by atoms with Crippen LogP contribution >= 0.6 is 0 Å². The van der Waals surface area contributed by atoms with E-state index in [2.05, 4.69) is 44.2 Å². The standard InChI is InChI=1S/C22H26N6O4/c1-27(13-19-23-21(25-31-19)17-9-5-11-29-17)15-7-3-4-8-16(15)28(2)14-20-24-22(26-32-20)18-10-6-12-30-18/h5-6,9-12,15-16H,3-4,7-8,13-14H2,1-2H3/t15-,16+. The summed E-state index contributed by atoms with van der Waals surface area (Å²) in [6.07, 6.45) is 7.80. The van der Waals surface area contributed by atoms with Crippen LogP contribution in [0.3, 0.4) is 0 Å². The third kappa shape index (κ3) is 4.37. The van der Waals surface area contributed by atoms with Gasteiger partial charge in [0, 0.05) is 12.1 Å². The number of hydrogen-bond donors (Lipinski definition) is 0. The van der Waals surface area contributed by atoms with Crippen molar-refractivity contribution in [1.82, 2.24) is 30.1 Å². The molecule has 1 aliphatic carbocycles. The number of aromatic nitrogens is 4. The first-order valence-corrected chi connectivity index (χ1v) is 10.8. The van der Waals surface area contributed by atoms with Gasteiger partial charge in [0.2, 0.25) is 23.4 Å². The summed E-state index contributed by atoms with van der Waals surface area (Å²) in [5.74, 6) is 3.30. The Morgan fingerprint density at radius 2 is 1.25 bits per heavy atom. The molecule has 0 radical (unpaired) electrons. The summed E-state index contributed by atoms with van der Waals surface area (Å²) in [7, 11) is 4.21. The van der Waals surface area contributed by atoms with Crippen LogP contribution in [-0.2, 0) is 13.1 Å². The van der Waals surface area contributed by atoms with E-state index in [-0.39, 0.29) is 0 Å². The molecule has 10 heteroatoms. The molecule has 10 nitrogen and oxygen atoms in total. The molecule has 0 aliphatic heterocycles. The lowest BCUT2D eigenvalue weighted by Crippen LogP contribution is -2.50. The summed E-state index contributed by atoms with van der Waals surface area (Å²) in [4.78, 5) is 13.6. The lowest BCUT2D eigenvalue weighted by Gasteiger charge is -2.41. The first-order chi connectivity index (χ1) is 15.7. The second kappa shape index (κ2) is 9.09. The van der Waals surface area contributed by atoms with Gasteiger partial charge in [0.25, 0.3) is 0 Å². The Hall–Kier alpha value is -3.24. The van der Waals surface area contributed by atoms with Gasteiger partial charge in [-0.25, -0.2) is 0 Å². The van der Waals surface area contributed by atoms with Gasteiger partial charge in [-0.05, 0) is 51.2 Å². The zero-order valence-electron chi connectivity index (χ0n) is 18.2. The molecule has 32 heavy (non-hydrogen) atoms. The van der Waals surface area contributed by atoms with Crippen LogP contribution in [0.2, 0.25) is 0 Å². The quantitative estimate of drug-likeness (QED) is 0.402. The molecule has 0 bridgehead atoms. The highest BCUT2D eigenvalue weighted by molar-refractivity contribution is 5.45. The third-order valence-electron chi connectivity index (χ3n) is 6.01. The molecule has 4 aromatic rings. The minimum absolute atomic E-state index is 0.347. The highest BCUT2D eigenvalue weighted by Crippen LogP contribution is 2.28. The molecule has 1 aliphatic rings. The Morgan fingerprint density at radius 3 is 1.66 bits per heavy atom. The van der Waals surface area contributed by atoms with Crippen molar-refractivity contribution in [2.75, 3.05) is 14.1 Å². The van der Waals surface area contributed by atoms with E-state index in [1.165, 1.54) is 12.8 Å².